The topological polar surface area (TPSA) is 26.3 Å². The molecule has 0 spiro atoms. The highest BCUT2D eigenvalue weighted by atomic mass is 16.5. The fraction of sp³-hybridized carbons (Fsp3) is 0.844. The van der Waals surface area contributed by atoms with Crippen LogP contribution in [0.15, 0.2) is 12.2 Å². The molecular weight excluding hydrogens is 416 g/mol. The van der Waals surface area contributed by atoms with Crippen molar-refractivity contribution in [3.63, 3.8) is 0 Å². The van der Waals surface area contributed by atoms with Gasteiger partial charge in [0, 0.05) is 12.3 Å². The molecule has 0 aromatic rings. The lowest BCUT2D eigenvalue weighted by molar-refractivity contribution is -0.137. The monoisotopic (exact) mass is 466 g/mol. The second kappa shape index (κ2) is 12.6. The molecule has 0 N–H and O–H groups in total. The van der Waals surface area contributed by atoms with Gasteiger partial charge < -0.3 is 4.74 Å². The number of hydrogen-bond donors (Lipinski definition) is 0. The Balaban J connectivity index is 1.17. The lowest BCUT2D eigenvalue weighted by atomic mass is 9.50. The normalized spacial score (nSPS) is 36.1. The molecule has 0 amide bonds. The Morgan fingerprint density at radius 2 is 1.59 bits per heavy atom. The molecule has 34 heavy (non-hydrogen) atoms. The van der Waals surface area contributed by atoms with Crippen LogP contribution < -0.4 is 0 Å². The molecule has 4 aliphatic carbocycles. The van der Waals surface area contributed by atoms with Crippen molar-refractivity contribution in [2.45, 2.75) is 129 Å². The molecular formula is C32H50O2. The molecule has 0 radical (unpaired) electrons. The molecule has 0 aromatic heterocycles. The minimum absolute atomic E-state index is 0.123. The summed E-state index contributed by atoms with van der Waals surface area (Å²) in [6.07, 6.45) is 30.5. The van der Waals surface area contributed by atoms with Crippen LogP contribution in [-0.2, 0) is 9.53 Å². The van der Waals surface area contributed by atoms with Crippen LogP contribution in [0.3, 0.4) is 0 Å². The van der Waals surface area contributed by atoms with Gasteiger partial charge in [-0.15, -0.1) is 0 Å². The first kappa shape index (κ1) is 25.9. The highest BCUT2D eigenvalue weighted by Crippen LogP contribution is 2.63. The second-order valence-corrected chi connectivity index (χ2v) is 12.4. The molecule has 2 nitrogen and oxygen atoms in total. The number of esters is 1. The number of carbonyl (C=O) groups is 1. The highest BCUT2D eigenvalue weighted by molar-refractivity contribution is 5.70. The van der Waals surface area contributed by atoms with Crippen molar-refractivity contribution in [3.05, 3.63) is 12.2 Å². The number of rotatable bonds is 10. The van der Waals surface area contributed by atoms with Crippen LogP contribution in [0.5, 0.6) is 0 Å². The van der Waals surface area contributed by atoms with E-state index in [1.165, 1.54) is 96.3 Å². The molecule has 4 aliphatic rings. The molecule has 3 saturated carbocycles. The smallest absolute Gasteiger partial charge is 0.319 e. The van der Waals surface area contributed by atoms with Crippen LogP contribution in [0, 0.1) is 52.9 Å². The van der Waals surface area contributed by atoms with Gasteiger partial charge in [-0.25, -0.2) is 0 Å². The first-order chi connectivity index (χ1) is 16.6. The first-order valence-corrected chi connectivity index (χ1v) is 15.0. The van der Waals surface area contributed by atoms with E-state index >= 15 is 0 Å². The number of carbonyl (C=O) groups excluding carboxylic acids is 1. The van der Waals surface area contributed by atoms with Gasteiger partial charge in [0.1, 0.15) is 6.11 Å². The Kier molecular flexibility index (Phi) is 9.62. The predicted octanol–water partition coefficient (Wildman–Crippen LogP) is 8.85. The summed E-state index contributed by atoms with van der Waals surface area (Å²) in [7, 11) is 0. The molecule has 3 fully saturated rings. The van der Waals surface area contributed by atoms with Gasteiger partial charge in [0.05, 0.1) is 0 Å². The van der Waals surface area contributed by atoms with Crippen molar-refractivity contribution in [1.82, 2.24) is 0 Å². The summed E-state index contributed by atoms with van der Waals surface area (Å²) in [5.74, 6) is 8.30. The van der Waals surface area contributed by atoms with E-state index in [9.17, 15) is 4.79 Å². The third-order valence-corrected chi connectivity index (χ3v) is 10.4. The minimum Gasteiger partial charge on any atom is -0.372 e. The van der Waals surface area contributed by atoms with E-state index in [4.69, 9.17) is 4.74 Å². The van der Waals surface area contributed by atoms with Gasteiger partial charge in [0.25, 0.3) is 0 Å². The van der Waals surface area contributed by atoms with E-state index in [0.29, 0.717) is 17.8 Å². The minimum atomic E-state index is -0.123. The second-order valence-electron chi connectivity index (χ2n) is 12.4. The van der Waals surface area contributed by atoms with Crippen LogP contribution in [-0.4, -0.2) is 5.97 Å². The fourth-order valence-corrected chi connectivity index (χ4v) is 8.44. The number of fused-ring (bicyclic) bond motifs is 5. The van der Waals surface area contributed by atoms with E-state index in [-0.39, 0.29) is 5.97 Å². The van der Waals surface area contributed by atoms with E-state index in [0.717, 1.165) is 42.4 Å². The maximum Gasteiger partial charge on any atom is 0.319 e. The van der Waals surface area contributed by atoms with Crippen molar-refractivity contribution in [2.24, 2.45) is 40.9 Å². The third kappa shape index (κ3) is 6.12. The van der Waals surface area contributed by atoms with Gasteiger partial charge >= 0.3 is 5.97 Å². The lowest BCUT2D eigenvalue weighted by Crippen LogP contribution is -2.47. The van der Waals surface area contributed by atoms with Crippen molar-refractivity contribution < 1.29 is 9.53 Å². The molecule has 0 saturated heterocycles. The Labute approximate surface area is 210 Å². The van der Waals surface area contributed by atoms with E-state index in [1.54, 1.807) is 0 Å². The maximum atomic E-state index is 12.2. The Bertz CT molecular complexity index is 742. The average Bonchev–Trinajstić information content (AvgIpc) is 3.19. The molecule has 0 heterocycles. The van der Waals surface area contributed by atoms with Crippen LogP contribution in [0.2, 0.25) is 0 Å². The van der Waals surface area contributed by atoms with Crippen molar-refractivity contribution in [3.8, 4) is 12.0 Å². The van der Waals surface area contributed by atoms with Gasteiger partial charge in [0.15, 0.2) is 0 Å². The zero-order valence-electron chi connectivity index (χ0n) is 22.2. The molecule has 4 rings (SSSR count). The zero-order chi connectivity index (χ0) is 23.8. The van der Waals surface area contributed by atoms with Crippen molar-refractivity contribution in [1.29, 1.82) is 0 Å². The van der Waals surface area contributed by atoms with E-state index in [2.05, 4.69) is 38.0 Å². The molecule has 190 valence electrons. The van der Waals surface area contributed by atoms with Gasteiger partial charge in [0.2, 0.25) is 0 Å². The van der Waals surface area contributed by atoms with Gasteiger partial charge in [-0.3, -0.25) is 4.79 Å². The SMILES string of the molecule is CCCCCCCCCCCC(=O)OC#C[C@@H]1CC[C@H]2[C@@H]3CCC4CC=CC[C@@H]4[C@H]3CC[C@]12C. The molecule has 1 unspecified atom stereocenters. The van der Waals surface area contributed by atoms with Crippen LogP contribution in [0.25, 0.3) is 0 Å². The van der Waals surface area contributed by atoms with Crippen LogP contribution >= 0.6 is 0 Å². The summed E-state index contributed by atoms with van der Waals surface area (Å²) >= 11 is 0. The molecule has 7 atom stereocenters. The van der Waals surface area contributed by atoms with E-state index < -0.39 is 0 Å². The Morgan fingerprint density at radius 1 is 0.853 bits per heavy atom. The summed E-state index contributed by atoms with van der Waals surface area (Å²) in [6.45, 7) is 4.77. The maximum absolute atomic E-state index is 12.2. The molecule has 2 heteroatoms. The van der Waals surface area contributed by atoms with Crippen molar-refractivity contribution in [2.75, 3.05) is 0 Å². The molecule has 0 bridgehead atoms. The Morgan fingerprint density at radius 3 is 2.38 bits per heavy atom. The molecule has 0 aromatic carbocycles. The lowest BCUT2D eigenvalue weighted by Gasteiger charge is -2.54. The fourth-order valence-electron chi connectivity index (χ4n) is 8.44. The number of ether oxygens (including phenoxy) is 1. The van der Waals surface area contributed by atoms with Gasteiger partial charge in [-0.1, -0.05) is 83.3 Å². The largest absolute Gasteiger partial charge is 0.372 e. The highest BCUT2D eigenvalue weighted by Gasteiger charge is 2.56. The van der Waals surface area contributed by atoms with Gasteiger partial charge in [-0.2, -0.15) is 0 Å². The van der Waals surface area contributed by atoms with Gasteiger partial charge in [-0.05, 0) is 92.8 Å². The number of unbranched alkanes of at least 4 members (excludes halogenated alkanes) is 8. The van der Waals surface area contributed by atoms with Crippen LogP contribution in [0.4, 0.5) is 0 Å². The van der Waals surface area contributed by atoms with E-state index in [1.807, 2.05) is 0 Å². The number of allylic oxidation sites excluding steroid dienone is 2. The zero-order valence-corrected chi connectivity index (χ0v) is 22.2. The molecule has 0 aliphatic heterocycles. The average molecular weight is 467 g/mol. The third-order valence-electron chi connectivity index (χ3n) is 10.4. The quantitative estimate of drug-likeness (QED) is 0.139. The summed E-state index contributed by atoms with van der Waals surface area (Å²) in [4.78, 5) is 12.2. The predicted molar refractivity (Wildman–Crippen MR) is 141 cm³/mol. The summed E-state index contributed by atoms with van der Waals surface area (Å²) in [6, 6.07) is 0. The summed E-state index contributed by atoms with van der Waals surface area (Å²) in [5, 5.41) is 0. The van der Waals surface area contributed by atoms with Crippen LogP contribution in [0.1, 0.15) is 129 Å². The Hall–Kier alpha value is -1.23. The first-order valence-electron chi connectivity index (χ1n) is 15.0. The summed E-state index contributed by atoms with van der Waals surface area (Å²) in [5.41, 5.74) is 0.328. The van der Waals surface area contributed by atoms with Crippen molar-refractivity contribution >= 4 is 5.97 Å². The standard InChI is InChI=1S/C32H50O2/c1-3-4-5-6-7-8-9-10-11-16-31(33)34-24-22-26-18-20-30-29-19-17-25-14-12-13-15-27(25)28(29)21-23-32(26,30)2/h12-13,25-30H,3-11,14-21,23H2,1-2H3/t25?,26-,27-,28+,29+,30-,32+/m0/s1. The number of hydrogen-bond acceptors (Lipinski definition) is 2. The summed E-state index contributed by atoms with van der Waals surface area (Å²) < 4.78 is 5.37.